The minimum atomic E-state index is 0.732. The third kappa shape index (κ3) is 3.20. The lowest BCUT2D eigenvalue weighted by molar-refractivity contribution is 0.507. The Morgan fingerprint density at radius 2 is 2.20 bits per heavy atom. The number of nitrogens with one attached hydrogen (secondary N) is 1. The number of furan rings is 1. The highest BCUT2D eigenvalue weighted by Gasteiger charge is 2.20. The van der Waals surface area contributed by atoms with Crippen molar-refractivity contribution in [1.82, 2.24) is 10.3 Å². The van der Waals surface area contributed by atoms with E-state index in [1.807, 2.05) is 19.2 Å². The summed E-state index contributed by atoms with van der Waals surface area (Å²) in [7, 11) is 2.03. The quantitative estimate of drug-likeness (QED) is 0.877. The molecule has 0 bridgehead atoms. The van der Waals surface area contributed by atoms with Crippen molar-refractivity contribution in [2.24, 2.45) is 0 Å². The summed E-state index contributed by atoms with van der Waals surface area (Å²) in [6, 6.07) is 8.88. The number of pyridine rings is 1. The van der Waals surface area contributed by atoms with E-state index in [1.54, 1.807) is 6.26 Å². The molecule has 4 heteroatoms. The van der Waals surface area contributed by atoms with E-state index in [0.717, 1.165) is 36.4 Å². The zero-order chi connectivity index (χ0) is 13.9. The first kappa shape index (κ1) is 13.2. The maximum atomic E-state index is 5.37. The van der Waals surface area contributed by atoms with Crippen LogP contribution in [0.5, 0.6) is 0 Å². The topological polar surface area (TPSA) is 41.3 Å². The summed E-state index contributed by atoms with van der Waals surface area (Å²) < 4.78 is 5.37. The lowest BCUT2D eigenvalue weighted by atomic mass is 10.2. The minimum absolute atomic E-state index is 0.732. The summed E-state index contributed by atoms with van der Waals surface area (Å²) in [5.74, 6) is 1.93. The molecule has 2 heterocycles. The molecule has 0 spiro atoms. The molecule has 1 fully saturated rings. The number of hydrogen-bond acceptors (Lipinski definition) is 4. The van der Waals surface area contributed by atoms with Crippen molar-refractivity contribution in [2.75, 3.05) is 11.9 Å². The zero-order valence-electron chi connectivity index (χ0n) is 12.1. The average Bonchev–Trinajstić information content (AvgIpc) is 3.13. The van der Waals surface area contributed by atoms with Gasteiger partial charge in [-0.2, -0.15) is 0 Å². The van der Waals surface area contributed by atoms with Gasteiger partial charge in [-0.15, -0.1) is 0 Å². The summed E-state index contributed by atoms with van der Waals surface area (Å²) in [5.41, 5.74) is 2.38. The number of anilines is 1. The fourth-order valence-corrected chi connectivity index (χ4v) is 2.24. The number of hydrogen-bond donors (Lipinski definition) is 1. The van der Waals surface area contributed by atoms with Crippen LogP contribution in [0.1, 0.15) is 29.9 Å². The van der Waals surface area contributed by atoms with E-state index in [2.05, 4.69) is 29.3 Å². The molecule has 2 aromatic heterocycles. The first-order valence-electron chi connectivity index (χ1n) is 7.16. The van der Waals surface area contributed by atoms with Crippen LogP contribution in [0.25, 0.3) is 0 Å². The van der Waals surface area contributed by atoms with Gasteiger partial charge < -0.3 is 14.6 Å². The van der Waals surface area contributed by atoms with Crippen LogP contribution in [0.3, 0.4) is 0 Å². The van der Waals surface area contributed by atoms with Crippen LogP contribution in [0, 0.1) is 6.92 Å². The van der Waals surface area contributed by atoms with Crippen LogP contribution in [-0.4, -0.2) is 18.1 Å². The Morgan fingerprint density at radius 1 is 1.35 bits per heavy atom. The van der Waals surface area contributed by atoms with Gasteiger partial charge in [-0.05, 0) is 43.5 Å². The van der Waals surface area contributed by atoms with Gasteiger partial charge in [-0.3, -0.25) is 0 Å². The van der Waals surface area contributed by atoms with Gasteiger partial charge in [-0.1, -0.05) is 6.07 Å². The Bertz CT molecular complexity index is 561. The fourth-order valence-electron chi connectivity index (χ4n) is 2.24. The van der Waals surface area contributed by atoms with Crippen LogP contribution in [0.2, 0.25) is 0 Å². The highest BCUT2D eigenvalue weighted by molar-refractivity contribution is 5.41. The first-order chi connectivity index (χ1) is 9.72. The zero-order valence-corrected chi connectivity index (χ0v) is 12.1. The van der Waals surface area contributed by atoms with Gasteiger partial charge in [0.05, 0.1) is 12.8 Å². The van der Waals surface area contributed by atoms with Gasteiger partial charge in [-0.25, -0.2) is 4.98 Å². The van der Waals surface area contributed by atoms with Crippen LogP contribution in [0.4, 0.5) is 5.82 Å². The van der Waals surface area contributed by atoms with Crippen molar-refractivity contribution >= 4 is 5.82 Å². The maximum Gasteiger partial charge on any atom is 0.128 e. The van der Waals surface area contributed by atoms with Gasteiger partial charge in [0.2, 0.25) is 0 Å². The van der Waals surface area contributed by atoms with Crippen LogP contribution >= 0.6 is 0 Å². The molecular weight excluding hydrogens is 250 g/mol. The second-order valence-corrected chi connectivity index (χ2v) is 5.50. The van der Waals surface area contributed by atoms with Crippen molar-refractivity contribution in [3.8, 4) is 0 Å². The molecule has 20 heavy (non-hydrogen) atoms. The summed E-state index contributed by atoms with van der Waals surface area (Å²) in [6.45, 7) is 3.74. The minimum Gasteiger partial charge on any atom is -0.467 e. The van der Waals surface area contributed by atoms with E-state index in [9.17, 15) is 0 Å². The van der Waals surface area contributed by atoms with Gasteiger partial charge in [0, 0.05) is 25.3 Å². The molecule has 1 aliphatic rings. The number of nitrogens with zero attached hydrogens (tertiary/aromatic N) is 2. The van der Waals surface area contributed by atoms with Crippen LogP contribution in [-0.2, 0) is 13.1 Å². The van der Waals surface area contributed by atoms with E-state index in [1.165, 1.54) is 18.4 Å². The Balaban J connectivity index is 1.65. The largest absolute Gasteiger partial charge is 0.467 e. The monoisotopic (exact) mass is 271 g/mol. The summed E-state index contributed by atoms with van der Waals surface area (Å²) >= 11 is 0. The fraction of sp³-hybridized carbons (Fsp3) is 0.438. The molecular formula is C16H21N3O. The molecule has 0 aromatic carbocycles. The third-order valence-electron chi connectivity index (χ3n) is 3.70. The number of rotatable bonds is 6. The smallest absolute Gasteiger partial charge is 0.128 e. The standard InChI is InChI=1S/C16H21N3O/c1-12-13(10-17-14-6-7-14)5-8-16(18-12)19(2)11-15-4-3-9-20-15/h3-5,8-9,14,17H,6-7,10-11H2,1-2H3. The molecule has 106 valence electrons. The summed E-state index contributed by atoms with van der Waals surface area (Å²) in [6.07, 6.45) is 4.33. The Morgan fingerprint density at radius 3 is 2.85 bits per heavy atom. The molecule has 0 aliphatic heterocycles. The molecule has 1 N–H and O–H groups in total. The van der Waals surface area contributed by atoms with E-state index in [-0.39, 0.29) is 0 Å². The van der Waals surface area contributed by atoms with E-state index >= 15 is 0 Å². The van der Waals surface area contributed by atoms with Crippen LogP contribution in [0.15, 0.2) is 34.9 Å². The second kappa shape index (κ2) is 5.67. The second-order valence-electron chi connectivity index (χ2n) is 5.50. The Hall–Kier alpha value is -1.81. The highest BCUT2D eigenvalue weighted by Crippen LogP contribution is 2.21. The molecule has 4 nitrogen and oxygen atoms in total. The van der Waals surface area contributed by atoms with Gasteiger partial charge in [0.1, 0.15) is 11.6 Å². The van der Waals surface area contributed by atoms with E-state index < -0.39 is 0 Å². The lowest BCUT2D eigenvalue weighted by Gasteiger charge is -2.18. The van der Waals surface area contributed by atoms with E-state index in [0.29, 0.717) is 0 Å². The normalized spacial score (nSPS) is 14.5. The van der Waals surface area contributed by atoms with E-state index in [4.69, 9.17) is 9.40 Å². The molecule has 0 atom stereocenters. The lowest BCUT2D eigenvalue weighted by Crippen LogP contribution is -2.19. The first-order valence-corrected chi connectivity index (χ1v) is 7.16. The van der Waals surface area contributed by atoms with Crippen molar-refractivity contribution in [2.45, 2.75) is 38.9 Å². The molecule has 0 saturated heterocycles. The maximum absolute atomic E-state index is 5.37. The predicted molar refractivity (Wildman–Crippen MR) is 79.7 cm³/mol. The molecule has 0 amide bonds. The SMILES string of the molecule is Cc1nc(N(C)Cc2ccco2)ccc1CNC1CC1. The van der Waals surface area contributed by atoms with Gasteiger partial charge in [0.25, 0.3) is 0 Å². The molecule has 0 unspecified atom stereocenters. The van der Waals surface area contributed by atoms with Crippen molar-refractivity contribution in [3.63, 3.8) is 0 Å². The average molecular weight is 271 g/mol. The Labute approximate surface area is 119 Å². The molecule has 1 saturated carbocycles. The molecule has 3 rings (SSSR count). The molecule has 1 aliphatic carbocycles. The van der Waals surface area contributed by atoms with Gasteiger partial charge >= 0.3 is 0 Å². The van der Waals surface area contributed by atoms with Gasteiger partial charge in [0.15, 0.2) is 0 Å². The highest BCUT2D eigenvalue weighted by atomic mass is 16.3. The van der Waals surface area contributed by atoms with Crippen molar-refractivity contribution in [1.29, 1.82) is 0 Å². The predicted octanol–water partition coefficient (Wildman–Crippen LogP) is 2.87. The molecule has 2 aromatic rings. The summed E-state index contributed by atoms with van der Waals surface area (Å²) in [5, 5.41) is 3.53. The third-order valence-corrected chi connectivity index (χ3v) is 3.70. The van der Waals surface area contributed by atoms with Crippen molar-refractivity contribution < 1.29 is 4.42 Å². The van der Waals surface area contributed by atoms with Crippen LogP contribution < -0.4 is 10.2 Å². The molecule has 0 radical (unpaired) electrons. The Kier molecular flexibility index (Phi) is 3.74. The summed E-state index contributed by atoms with van der Waals surface area (Å²) in [4.78, 5) is 6.80. The number of aryl methyl sites for hydroxylation is 1. The van der Waals surface area contributed by atoms with Crippen molar-refractivity contribution in [3.05, 3.63) is 47.5 Å². The number of aromatic nitrogens is 1.